The van der Waals surface area contributed by atoms with Gasteiger partial charge in [0, 0.05) is 28.8 Å². The highest BCUT2D eigenvalue weighted by molar-refractivity contribution is 7.99. The Balaban J connectivity index is 1.56. The molecule has 10 heteroatoms. The smallest absolute Gasteiger partial charge is 0.273 e. The number of thioether (sulfide) groups is 1. The topological polar surface area (TPSA) is 125 Å². The lowest BCUT2D eigenvalue weighted by Gasteiger charge is -2.46. The number of aliphatic hydroxyl groups excluding tert-OH is 1. The van der Waals surface area contributed by atoms with Crippen molar-refractivity contribution in [1.29, 1.82) is 0 Å². The molecule has 0 spiro atoms. The lowest BCUT2D eigenvalue weighted by molar-refractivity contribution is -0.154. The van der Waals surface area contributed by atoms with Crippen molar-refractivity contribution in [2.75, 3.05) is 12.3 Å². The zero-order valence-electron chi connectivity index (χ0n) is 23.2. The second-order valence-electron chi connectivity index (χ2n) is 11.8. The monoisotopic (exact) mass is 556 g/mol. The van der Waals surface area contributed by atoms with Gasteiger partial charge in [0.15, 0.2) is 11.8 Å². The van der Waals surface area contributed by atoms with Crippen molar-refractivity contribution in [3.8, 4) is 0 Å². The summed E-state index contributed by atoms with van der Waals surface area (Å²) < 4.78 is 5.03. The van der Waals surface area contributed by atoms with E-state index in [0.717, 1.165) is 30.6 Å². The van der Waals surface area contributed by atoms with Gasteiger partial charge >= 0.3 is 0 Å². The summed E-state index contributed by atoms with van der Waals surface area (Å²) in [7, 11) is 0. The summed E-state index contributed by atoms with van der Waals surface area (Å²) in [5.74, 6) is 0.139. The molecule has 0 unspecified atom stereocenters. The summed E-state index contributed by atoms with van der Waals surface area (Å²) >= 11 is 1.43. The average Bonchev–Trinajstić information content (AvgIpc) is 3.35. The number of aromatic nitrogens is 1. The number of hydrogen-bond acceptors (Lipinski definition) is 7. The van der Waals surface area contributed by atoms with Crippen LogP contribution in [0.25, 0.3) is 0 Å². The van der Waals surface area contributed by atoms with Crippen LogP contribution < -0.4 is 10.6 Å². The number of carbonyl (C=O) groups excluding carboxylic acids is 3. The quantitative estimate of drug-likeness (QED) is 0.425. The molecule has 1 aliphatic heterocycles. The van der Waals surface area contributed by atoms with Gasteiger partial charge in [-0.2, -0.15) is 0 Å². The number of fused-ring (bicyclic) bond motifs is 1. The molecular formula is C29H40N4O5S. The number of aryl methyl sites for hydroxylation is 1. The minimum absolute atomic E-state index is 0.0762. The standard InChI is InChI=1S/C29H40N4O5S/c1-18-14-22(32-38-18)26(35)30-23(17-39-21-12-6-5-7-13-21)25(34)28(37)33-16-20-11-9-8-10-19(20)15-24(33)27(36)31-29(2,3)4/h5-7,12-14,19-20,23-25,34H,8-11,15-17H2,1-4H3,(H,30,35)(H,31,36)/t19-,20+,23-,24-,25-/m0/s1. The van der Waals surface area contributed by atoms with Crippen molar-refractivity contribution < 1.29 is 24.0 Å². The second-order valence-corrected chi connectivity index (χ2v) is 12.9. The number of aliphatic hydroxyl groups is 1. The molecule has 4 rings (SSSR count). The van der Waals surface area contributed by atoms with Crippen LogP contribution >= 0.6 is 11.8 Å². The Hall–Kier alpha value is -2.85. The molecule has 1 saturated carbocycles. The lowest BCUT2D eigenvalue weighted by atomic mass is 9.72. The predicted molar refractivity (Wildman–Crippen MR) is 149 cm³/mol. The van der Waals surface area contributed by atoms with Gasteiger partial charge in [0.25, 0.3) is 11.8 Å². The Morgan fingerprint density at radius 2 is 1.85 bits per heavy atom. The summed E-state index contributed by atoms with van der Waals surface area (Å²) in [5.41, 5.74) is -0.376. The van der Waals surface area contributed by atoms with Gasteiger partial charge in [-0.25, -0.2) is 0 Å². The molecule has 2 fully saturated rings. The number of likely N-dealkylation sites (tertiary alicyclic amines) is 1. The normalized spacial score (nSPS) is 22.9. The molecule has 39 heavy (non-hydrogen) atoms. The van der Waals surface area contributed by atoms with Crippen LogP contribution in [-0.2, 0) is 9.59 Å². The van der Waals surface area contributed by atoms with Gasteiger partial charge in [-0.3, -0.25) is 14.4 Å². The first-order valence-electron chi connectivity index (χ1n) is 13.7. The highest BCUT2D eigenvalue weighted by Crippen LogP contribution is 2.39. The van der Waals surface area contributed by atoms with Crippen LogP contribution in [0.4, 0.5) is 0 Å². The molecular weight excluding hydrogens is 516 g/mol. The molecule has 2 aromatic rings. The number of piperidine rings is 1. The number of benzene rings is 1. The average molecular weight is 557 g/mol. The van der Waals surface area contributed by atoms with Crippen molar-refractivity contribution in [3.05, 3.63) is 47.9 Å². The molecule has 2 heterocycles. The van der Waals surface area contributed by atoms with E-state index in [4.69, 9.17) is 4.52 Å². The highest BCUT2D eigenvalue weighted by Gasteiger charge is 2.45. The Morgan fingerprint density at radius 3 is 2.49 bits per heavy atom. The number of hydrogen-bond donors (Lipinski definition) is 3. The maximum Gasteiger partial charge on any atom is 0.273 e. The zero-order chi connectivity index (χ0) is 28.2. The van der Waals surface area contributed by atoms with E-state index in [9.17, 15) is 19.5 Å². The first-order valence-corrected chi connectivity index (χ1v) is 14.7. The van der Waals surface area contributed by atoms with Crippen molar-refractivity contribution in [2.45, 2.75) is 88.4 Å². The number of carbonyl (C=O) groups is 3. The molecule has 2 aliphatic rings. The molecule has 212 valence electrons. The number of rotatable bonds is 8. The lowest BCUT2D eigenvalue weighted by Crippen LogP contribution is -2.62. The van der Waals surface area contributed by atoms with Gasteiger partial charge in [-0.1, -0.05) is 42.6 Å². The number of amides is 3. The van der Waals surface area contributed by atoms with Gasteiger partial charge in [0.1, 0.15) is 11.8 Å². The fourth-order valence-corrected chi connectivity index (χ4v) is 6.53. The van der Waals surface area contributed by atoms with Crippen LogP contribution in [0.5, 0.6) is 0 Å². The van der Waals surface area contributed by atoms with Crippen LogP contribution in [0.1, 0.15) is 69.1 Å². The van der Waals surface area contributed by atoms with Gasteiger partial charge < -0.3 is 25.2 Å². The Bertz CT molecular complexity index is 1150. The molecule has 0 radical (unpaired) electrons. The SMILES string of the molecule is Cc1cc(C(=O)N[C@@H](CSc2ccccc2)[C@H](O)C(=O)N2C[C@H]3CCCC[C@H]3C[C@H]2C(=O)NC(C)(C)C)no1. The Kier molecular flexibility index (Phi) is 9.38. The van der Waals surface area contributed by atoms with Crippen LogP contribution in [0, 0.1) is 18.8 Å². The molecule has 5 atom stereocenters. The molecule has 1 aliphatic carbocycles. The highest BCUT2D eigenvalue weighted by atomic mass is 32.2. The van der Waals surface area contributed by atoms with Gasteiger partial charge in [-0.15, -0.1) is 11.8 Å². The van der Waals surface area contributed by atoms with Crippen LogP contribution in [-0.4, -0.2) is 68.9 Å². The minimum Gasteiger partial charge on any atom is -0.381 e. The van der Waals surface area contributed by atoms with E-state index in [-0.39, 0.29) is 17.4 Å². The largest absolute Gasteiger partial charge is 0.381 e. The van der Waals surface area contributed by atoms with Crippen molar-refractivity contribution in [3.63, 3.8) is 0 Å². The summed E-state index contributed by atoms with van der Waals surface area (Å²) in [5, 5.41) is 21.0. The molecule has 1 saturated heterocycles. The predicted octanol–water partition coefficient (Wildman–Crippen LogP) is 3.56. The first kappa shape index (κ1) is 29.1. The van der Waals surface area contributed by atoms with Gasteiger partial charge in [-0.05, 0) is 64.5 Å². The molecule has 9 nitrogen and oxygen atoms in total. The summed E-state index contributed by atoms with van der Waals surface area (Å²) in [6.07, 6.45) is 3.35. The number of nitrogens with one attached hydrogen (secondary N) is 2. The van der Waals surface area contributed by atoms with Gasteiger partial charge in [0.2, 0.25) is 5.91 Å². The van der Waals surface area contributed by atoms with E-state index < -0.39 is 35.5 Å². The van der Waals surface area contributed by atoms with Crippen molar-refractivity contribution >= 4 is 29.5 Å². The maximum atomic E-state index is 13.9. The third kappa shape index (κ3) is 7.63. The Labute approximate surface area is 234 Å². The van der Waals surface area contributed by atoms with E-state index in [1.807, 2.05) is 51.1 Å². The first-order chi connectivity index (χ1) is 18.5. The second kappa shape index (κ2) is 12.6. The van der Waals surface area contributed by atoms with Crippen LogP contribution in [0.3, 0.4) is 0 Å². The van der Waals surface area contributed by atoms with E-state index in [0.29, 0.717) is 30.6 Å². The summed E-state index contributed by atoms with van der Waals surface area (Å²) in [6, 6.07) is 9.51. The number of nitrogens with zero attached hydrogens (tertiary/aromatic N) is 2. The van der Waals surface area contributed by atoms with Crippen molar-refractivity contribution in [1.82, 2.24) is 20.7 Å². The fourth-order valence-electron chi connectivity index (χ4n) is 5.55. The van der Waals surface area contributed by atoms with E-state index in [2.05, 4.69) is 15.8 Å². The maximum absolute atomic E-state index is 13.9. The van der Waals surface area contributed by atoms with Crippen molar-refractivity contribution in [2.24, 2.45) is 11.8 Å². The third-order valence-corrected chi connectivity index (χ3v) is 8.60. The van der Waals surface area contributed by atoms with Gasteiger partial charge in [0.05, 0.1) is 6.04 Å². The van der Waals surface area contributed by atoms with Crippen LogP contribution in [0.2, 0.25) is 0 Å². The fraction of sp³-hybridized carbons (Fsp3) is 0.586. The molecule has 0 bridgehead atoms. The summed E-state index contributed by atoms with van der Waals surface area (Å²) in [4.78, 5) is 42.8. The van der Waals surface area contributed by atoms with E-state index >= 15 is 0 Å². The van der Waals surface area contributed by atoms with E-state index in [1.54, 1.807) is 11.8 Å². The third-order valence-electron chi connectivity index (χ3n) is 7.47. The molecule has 3 amide bonds. The molecule has 3 N–H and O–H groups in total. The summed E-state index contributed by atoms with van der Waals surface area (Å²) in [6.45, 7) is 7.85. The molecule has 1 aromatic heterocycles. The van der Waals surface area contributed by atoms with Crippen LogP contribution in [0.15, 0.2) is 45.8 Å². The minimum atomic E-state index is -1.54. The Morgan fingerprint density at radius 1 is 1.15 bits per heavy atom. The molecule has 1 aromatic carbocycles. The zero-order valence-corrected chi connectivity index (χ0v) is 24.0. The van der Waals surface area contributed by atoms with E-state index in [1.165, 1.54) is 17.8 Å².